The molecule has 1 aromatic heterocycles. The van der Waals surface area contributed by atoms with E-state index in [2.05, 4.69) is 12.2 Å². The van der Waals surface area contributed by atoms with Crippen molar-refractivity contribution in [1.82, 2.24) is 4.57 Å². The number of rotatable bonds is 5. The second kappa shape index (κ2) is 7.04. The molecular formula is C21H21N2O3-. The number of carboxylic acids is 1. The second-order valence-electron chi connectivity index (χ2n) is 6.47. The first-order valence-electron chi connectivity index (χ1n) is 8.58. The van der Waals surface area contributed by atoms with Crippen molar-refractivity contribution in [3.63, 3.8) is 0 Å². The number of nitrogens with zero attached hydrogens (tertiary/aromatic N) is 1. The van der Waals surface area contributed by atoms with Crippen molar-refractivity contribution < 1.29 is 14.7 Å². The third-order valence-electron chi connectivity index (χ3n) is 4.64. The molecule has 0 spiro atoms. The summed E-state index contributed by atoms with van der Waals surface area (Å²) in [7, 11) is 1.67. The Balaban J connectivity index is 1.93. The number of amides is 1. The molecule has 0 fully saturated rings. The normalized spacial score (nSPS) is 10.9. The summed E-state index contributed by atoms with van der Waals surface area (Å²) in [6, 6.07) is 13.3. The Labute approximate surface area is 152 Å². The Morgan fingerprint density at radius 2 is 1.81 bits per heavy atom. The Morgan fingerprint density at radius 1 is 1.12 bits per heavy atom. The van der Waals surface area contributed by atoms with Gasteiger partial charge in [-0.25, -0.2) is 0 Å². The lowest BCUT2D eigenvalue weighted by Gasteiger charge is -2.10. The monoisotopic (exact) mass is 349 g/mol. The van der Waals surface area contributed by atoms with Crippen LogP contribution in [-0.4, -0.2) is 16.4 Å². The first-order valence-corrected chi connectivity index (χ1v) is 8.58. The van der Waals surface area contributed by atoms with Gasteiger partial charge in [0.25, 0.3) is 0 Å². The molecule has 3 aromatic rings. The van der Waals surface area contributed by atoms with Gasteiger partial charge in [-0.3, -0.25) is 4.79 Å². The lowest BCUT2D eigenvalue weighted by Crippen LogP contribution is -2.27. The number of fused-ring (bicyclic) bond motifs is 1. The third kappa shape index (κ3) is 3.33. The van der Waals surface area contributed by atoms with Crippen LogP contribution in [0.15, 0.2) is 42.5 Å². The SMILES string of the molecule is CCc1ccc(NC(=O)Cc2c(C(=O)[O-])n(C)c3ccc(C)cc23)cc1. The van der Waals surface area contributed by atoms with Crippen molar-refractivity contribution in [2.45, 2.75) is 26.7 Å². The Morgan fingerprint density at radius 3 is 2.42 bits per heavy atom. The van der Waals surface area contributed by atoms with Crippen LogP contribution in [0.25, 0.3) is 10.9 Å². The van der Waals surface area contributed by atoms with Gasteiger partial charge in [0.1, 0.15) is 0 Å². The molecule has 0 saturated heterocycles. The molecule has 2 aromatic carbocycles. The molecule has 0 saturated carbocycles. The van der Waals surface area contributed by atoms with Crippen molar-refractivity contribution >= 4 is 28.5 Å². The van der Waals surface area contributed by atoms with Crippen molar-refractivity contribution in [3.05, 3.63) is 64.8 Å². The van der Waals surface area contributed by atoms with Gasteiger partial charge in [0.05, 0.1) is 18.1 Å². The molecule has 1 N–H and O–H groups in total. The molecular weight excluding hydrogens is 328 g/mol. The Bertz CT molecular complexity index is 985. The van der Waals surface area contributed by atoms with Crippen LogP contribution in [0.2, 0.25) is 0 Å². The van der Waals surface area contributed by atoms with Crippen LogP contribution in [0, 0.1) is 6.92 Å². The lowest BCUT2D eigenvalue weighted by molar-refractivity contribution is -0.255. The van der Waals surface area contributed by atoms with Crippen molar-refractivity contribution in [2.24, 2.45) is 7.05 Å². The number of carbonyl (C=O) groups excluding carboxylic acids is 2. The van der Waals surface area contributed by atoms with E-state index in [1.165, 1.54) is 5.56 Å². The van der Waals surface area contributed by atoms with Gasteiger partial charge in [-0.15, -0.1) is 0 Å². The zero-order valence-corrected chi connectivity index (χ0v) is 15.1. The van der Waals surface area contributed by atoms with E-state index >= 15 is 0 Å². The largest absolute Gasteiger partial charge is 0.543 e. The number of nitrogens with one attached hydrogen (secondary N) is 1. The number of anilines is 1. The summed E-state index contributed by atoms with van der Waals surface area (Å²) in [5.41, 5.74) is 4.18. The highest BCUT2D eigenvalue weighted by Gasteiger charge is 2.18. The number of aromatic carboxylic acids is 1. The predicted octanol–water partition coefficient (Wildman–Crippen LogP) is 2.59. The molecule has 0 aliphatic heterocycles. The molecule has 0 atom stereocenters. The summed E-state index contributed by atoms with van der Waals surface area (Å²) >= 11 is 0. The summed E-state index contributed by atoms with van der Waals surface area (Å²) in [5.74, 6) is -1.54. The topological polar surface area (TPSA) is 74.2 Å². The van der Waals surface area contributed by atoms with Crippen LogP contribution >= 0.6 is 0 Å². The fourth-order valence-electron chi connectivity index (χ4n) is 3.26. The van der Waals surface area contributed by atoms with E-state index in [1.807, 2.05) is 49.4 Å². The summed E-state index contributed by atoms with van der Waals surface area (Å²) in [6.45, 7) is 4.00. The maximum atomic E-state index is 12.5. The number of carboxylic acid groups (broad SMARTS) is 1. The molecule has 26 heavy (non-hydrogen) atoms. The molecule has 0 unspecified atom stereocenters. The standard InChI is InChI=1S/C21H22N2O3/c1-4-14-6-8-15(9-7-14)22-19(24)12-17-16-11-13(2)5-10-18(16)23(3)20(17)21(25)26/h5-11H,4,12H2,1-3H3,(H,22,24)(H,25,26)/p-1. The highest BCUT2D eigenvalue weighted by atomic mass is 16.4. The number of aryl methyl sites for hydroxylation is 3. The van der Waals surface area contributed by atoms with Gasteiger partial charge in [0.2, 0.25) is 5.91 Å². The van der Waals surface area contributed by atoms with E-state index < -0.39 is 5.97 Å². The van der Waals surface area contributed by atoms with Crippen LogP contribution in [0.5, 0.6) is 0 Å². The van der Waals surface area contributed by atoms with Gasteiger partial charge in [0, 0.05) is 23.6 Å². The average molecular weight is 349 g/mol. The van der Waals surface area contributed by atoms with E-state index in [0.717, 1.165) is 22.9 Å². The maximum absolute atomic E-state index is 12.5. The minimum atomic E-state index is -1.28. The van der Waals surface area contributed by atoms with Gasteiger partial charge in [-0.1, -0.05) is 30.7 Å². The first-order chi connectivity index (χ1) is 12.4. The van der Waals surface area contributed by atoms with E-state index in [4.69, 9.17) is 0 Å². The molecule has 0 aliphatic rings. The fraction of sp³-hybridized carbons (Fsp3) is 0.238. The minimum absolute atomic E-state index is 0.0281. The number of carbonyl (C=O) groups is 2. The van der Waals surface area contributed by atoms with Gasteiger partial charge >= 0.3 is 0 Å². The van der Waals surface area contributed by atoms with Crippen LogP contribution in [0.4, 0.5) is 5.69 Å². The molecule has 134 valence electrons. The lowest BCUT2D eigenvalue weighted by atomic mass is 10.0. The smallest absolute Gasteiger partial charge is 0.228 e. The molecule has 1 heterocycles. The van der Waals surface area contributed by atoms with Crippen molar-refractivity contribution in [2.75, 3.05) is 5.32 Å². The van der Waals surface area contributed by atoms with Crippen molar-refractivity contribution in [1.29, 1.82) is 0 Å². The van der Waals surface area contributed by atoms with Crippen LogP contribution in [-0.2, 0) is 24.7 Å². The van der Waals surface area contributed by atoms with Crippen LogP contribution in [0.1, 0.15) is 34.1 Å². The van der Waals surface area contributed by atoms with Crippen LogP contribution < -0.4 is 10.4 Å². The first kappa shape index (κ1) is 17.7. The maximum Gasteiger partial charge on any atom is 0.228 e. The summed E-state index contributed by atoms with van der Waals surface area (Å²) in [6.07, 6.45) is 0.901. The number of benzene rings is 2. The third-order valence-corrected chi connectivity index (χ3v) is 4.64. The van der Waals surface area contributed by atoms with Gasteiger partial charge in [-0.2, -0.15) is 0 Å². The van der Waals surface area contributed by atoms with Crippen LogP contribution in [0.3, 0.4) is 0 Å². The van der Waals surface area contributed by atoms with Crippen molar-refractivity contribution in [3.8, 4) is 0 Å². The molecule has 3 rings (SSSR count). The molecule has 5 heteroatoms. The highest BCUT2D eigenvalue weighted by Crippen LogP contribution is 2.27. The van der Waals surface area contributed by atoms with Gasteiger partial charge in [0.15, 0.2) is 0 Å². The number of hydrogen-bond donors (Lipinski definition) is 1. The second-order valence-corrected chi connectivity index (χ2v) is 6.47. The van der Waals surface area contributed by atoms with E-state index in [9.17, 15) is 14.7 Å². The van der Waals surface area contributed by atoms with Gasteiger partial charge in [-0.05, 0) is 48.7 Å². The zero-order valence-electron chi connectivity index (χ0n) is 15.1. The van der Waals surface area contributed by atoms with E-state index in [-0.39, 0.29) is 18.0 Å². The Kier molecular flexibility index (Phi) is 4.80. The molecule has 0 radical (unpaired) electrons. The minimum Gasteiger partial charge on any atom is -0.543 e. The van der Waals surface area contributed by atoms with E-state index in [0.29, 0.717) is 11.3 Å². The molecule has 0 bridgehead atoms. The fourth-order valence-corrected chi connectivity index (χ4v) is 3.26. The highest BCUT2D eigenvalue weighted by molar-refractivity contribution is 6.02. The quantitative estimate of drug-likeness (QED) is 0.769. The summed E-state index contributed by atoms with van der Waals surface area (Å²) < 4.78 is 1.57. The number of aromatic nitrogens is 1. The average Bonchev–Trinajstić information content (AvgIpc) is 2.87. The molecule has 5 nitrogen and oxygen atoms in total. The van der Waals surface area contributed by atoms with Gasteiger partial charge < -0.3 is 19.8 Å². The number of hydrogen-bond acceptors (Lipinski definition) is 3. The molecule has 1 amide bonds. The Hall–Kier alpha value is -3.08. The molecule has 0 aliphatic carbocycles. The summed E-state index contributed by atoms with van der Waals surface area (Å²) in [5, 5.41) is 15.2. The predicted molar refractivity (Wildman–Crippen MR) is 100 cm³/mol. The summed E-state index contributed by atoms with van der Waals surface area (Å²) in [4.78, 5) is 24.2. The van der Waals surface area contributed by atoms with E-state index in [1.54, 1.807) is 11.6 Å². The zero-order chi connectivity index (χ0) is 18.8.